The Balaban J connectivity index is 1.35. The molecule has 3 heterocycles. The van der Waals surface area contributed by atoms with Crippen molar-refractivity contribution in [2.45, 2.75) is 19.9 Å². The molecule has 0 atom stereocenters. The minimum Gasteiger partial charge on any atom is -0.478 e. The van der Waals surface area contributed by atoms with E-state index in [0.29, 0.717) is 24.6 Å². The fourth-order valence-corrected chi connectivity index (χ4v) is 4.76. The average Bonchev–Trinajstić information content (AvgIpc) is 3.14. The summed E-state index contributed by atoms with van der Waals surface area (Å²) in [6.45, 7) is 8.42. The van der Waals surface area contributed by atoms with Crippen LogP contribution in [-0.4, -0.2) is 61.7 Å². The Kier molecular flexibility index (Phi) is 6.38. The van der Waals surface area contributed by atoms with E-state index in [-0.39, 0.29) is 22.1 Å². The number of carbonyl (C=O) groups is 1. The molecule has 0 N–H and O–H groups in total. The molecule has 0 unspecified atom stereocenters. The van der Waals surface area contributed by atoms with Gasteiger partial charge in [0.2, 0.25) is 5.78 Å². The van der Waals surface area contributed by atoms with Gasteiger partial charge in [-0.1, -0.05) is 17.7 Å². The highest BCUT2D eigenvalue weighted by Crippen LogP contribution is 2.44. The zero-order valence-electron chi connectivity index (χ0n) is 18.5. The molecule has 2 aromatic rings. The predicted octanol–water partition coefficient (Wildman–Crippen LogP) is 4.28. The third-order valence-corrected chi connectivity index (χ3v) is 6.64. The van der Waals surface area contributed by atoms with Crippen LogP contribution in [-0.2, 0) is 11.3 Å². The molecule has 0 amide bonds. The van der Waals surface area contributed by atoms with Gasteiger partial charge in [-0.05, 0) is 49.7 Å². The average molecular weight is 473 g/mol. The molecule has 0 radical (unpaired) electrons. The van der Waals surface area contributed by atoms with Crippen LogP contribution in [0.3, 0.4) is 0 Å². The predicted molar refractivity (Wildman–Crippen MR) is 123 cm³/mol. The highest BCUT2D eigenvalue weighted by atomic mass is 35.5. The van der Waals surface area contributed by atoms with Gasteiger partial charge in [0.25, 0.3) is 0 Å². The summed E-state index contributed by atoms with van der Waals surface area (Å²) in [4.78, 5) is 17.8. The van der Waals surface area contributed by atoms with E-state index in [1.807, 2.05) is 13.0 Å². The van der Waals surface area contributed by atoms with E-state index < -0.39 is 5.82 Å². The molecule has 1 saturated heterocycles. The standard InChI is InChI=1S/C25H26ClFN2O4/c1-16-12-21-18(14-29(15-32-21)7-3-6-28-8-10-31-11-9-28)25-23(16)24(30)22(33-25)13-17-19(26)4-2-5-20(17)27/h2,4-5,12-13H,3,6-11,14-15H2,1H3/b22-13-. The number of morpholine rings is 1. The number of fused-ring (bicyclic) bond motifs is 3. The van der Waals surface area contributed by atoms with Crippen LogP contribution in [0.2, 0.25) is 5.02 Å². The molecule has 6 nitrogen and oxygen atoms in total. The number of aryl methyl sites for hydroxylation is 1. The molecule has 3 aliphatic heterocycles. The quantitative estimate of drug-likeness (QED) is 0.605. The molecule has 0 aliphatic carbocycles. The topological polar surface area (TPSA) is 51.2 Å². The van der Waals surface area contributed by atoms with Gasteiger partial charge in [0.15, 0.2) is 5.76 Å². The molecular formula is C25H26ClFN2O4. The van der Waals surface area contributed by atoms with E-state index in [0.717, 1.165) is 62.7 Å². The van der Waals surface area contributed by atoms with Crippen molar-refractivity contribution in [3.8, 4) is 11.5 Å². The van der Waals surface area contributed by atoms with Gasteiger partial charge in [0.05, 0.1) is 29.4 Å². The monoisotopic (exact) mass is 472 g/mol. The summed E-state index contributed by atoms with van der Waals surface area (Å²) >= 11 is 6.15. The number of carbonyl (C=O) groups excluding carboxylic acids is 1. The first kappa shape index (κ1) is 22.3. The van der Waals surface area contributed by atoms with Gasteiger partial charge in [-0.25, -0.2) is 4.39 Å². The Bertz CT molecular complexity index is 1090. The fourth-order valence-electron chi connectivity index (χ4n) is 4.54. The van der Waals surface area contributed by atoms with Crippen LogP contribution in [0.15, 0.2) is 30.0 Å². The molecule has 174 valence electrons. The first-order valence-electron chi connectivity index (χ1n) is 11.2. The maximum atomic E-state index is 14.3. The van der Waals surface area contributed by atoms with E-state index in [2.05, 4.69) is 9.80 Å². The van der Waals surface area contributed by atoms with Crippen molar-refractivity contribution in [3.05, 3.63) is 63.1 Å². The summed E-state index contributed by atoms with van der Waals surface area (Å²) in [6, 6.07) is 6.30. The van der Waals surface area contributed by atoms with Crippen LogP contribution in [0.1, 0.15) is 33.5 Å². The van der Waals surface area contributed by atoms with Gasteiger partial charge in [0.1, 0.15) is 24.0 Å². The Hall–Kier alpha value is -2.45. The molecule has 0 aromatic heterocycles. The number of nitrogens with zero attached hydrogens (tertiary/aromatic N) is 2. The third-order valence-electron chi connectivity index (χ3n) is 6.32. The number of hydrogen-bond acceptors (Lipinski definition) is 6. The molecule has 3 aliphatic rings. The summed E-state index contributed by atoms with van der Waals surface area (Å²) in [6.07, 6.45) is 2.40. The van der Waals surface area contributed by atoms with Gasteiger partial charge in [-0.3, -0.25) is 14.6 Å². The Morgan fingerprint density at radius 3 is 2.76 bits per heavy atom. The minimum atomic E-state index is -0.504. The number of benzene rings is 2. The van der Waals surface area contributed by atoms with E-state index >= 15 is 0 Å². The summed E-state index contributed by atoms with van der Waals surface area (Å²) in [7, 11) is 0. The van der Waals surface area contributed by atoms with E-state index in [4.69, 9.17) is 25.8 Å². The number of ether oxygens (including phenoxy) is 3. The van der Waals surface area contributed by atoms with Crippen LogP contribution in [0.5, 0.6) is 11.5 Å². The molecule has 1 fully saturated rings. The second kappa shape index (κ2) is 9.43. The lowest BCUT2D eigenvalue weighted by atomic mass is 9.98. The number of rotatable bonds is 5. The van der Waals surface area contributed by atoms with Crippen LogP contribution in [0, 0.1) is 12.7 Å². The van der Waals surface area contributed by atoms with Crippen molar-refractivity contribution in [1.29, 1.82) is 0 Å². The fraction of sp³-hybridized carbons (Fsp3) is 0.400. The summed E-state index contributed by atoms with van der Waals surface area (Å²) < 4.78 is 31.7. The number of ketones is 1. The molecular weight excluding hydrogens is 447 g/mol. The van der Waals surface area contributed by atoms with Crippen molar-refractivity contribution in [1.82, 2.24) is 9.80 Å². The van der Waals surface area contributed by atoms with Crippen LogP contribution in [0.4, 0.5) is 4.39 Å². The molecule has 2 aromatic carbocycles. The molecule has 0 spiro atoms. The normalized spacial score (nSPS) is 19.8. The lowest BCUT2D eigenvalue weighted by Crippen LogP contribution is -2.39. The largest absolute Gasteiger partial charge is 0.478 e. The Morgan fingerprint density at radius 2 is 1.97 bits per heavy atom. The van der Waals surface area contributed by atoms with Crippen molar-refractivity contribution >= 4 is 23.5 Å². The van der Waals surface area contributed by atoms with E-state index in [1.54, 1.807) is 6.07 Å². The minimum absolute atomic E-state index is 0.0675. The molecule has 33 heavy (non-hydrogen) atoms. The summed E-state index contributed by atoms with van der Waals surface area (Å²) in [5.41, 5.74) is 2.27. The van der Waals surface area contributed by atoms with Crippen molar-refractivity contribution in [2.75, 3.05) is 46.1 Å². The molecule has 0 bridgehead atoms. The van der Waals surface area contributed by atoms with Gasteiger partial charge in [-0.15, -0.1) is 0 Å². The smallest absolute Gasteiger partial charge is 0.232 e. The Labute approximate surface area is 197 Å². The van der Waals surface area contributed by atoms with Crippen LogP contribution in [0.25, 0.3) is 6.08 Å². The van der Waals surface area contributed by atoms with Crippen LogP contribution < -0.4 is 9.47 Å². The van der Waals surface area contributed by atoms with Gasteiger partial charge >= 0.3 is 0 Å². The number of halogens is 2. The van der Waals surface area contributed by atoms with Crippen molar-refractivity contribution in [2.24, 2.45) is 0 Å². The van der Waals surface area contributed by atoms with E-state index in [1.165, 1.54) is 18.2 Å². The van der Waals surface area contributed by atoms with Gasteiger partial charge < -0.3 is 14.2 Å². The van der Waals surface area contributed by atoms with E-state index in [9.17, 15) is 9.18 Å². The summed E-state index contributed by atoms with van der Waals surface area (Å²) in [5, 5.41) is 0.225. The van der Waals surface area contributed by atoms with Crippen molar-refractivity contribution in [3.63, 3.8) is 0 Å². The first-order chi connectivity index (χ1) is 16.0. The second-order valence-electron chi connectivity index (χ2n) is 8.58. The zero-order valence-corrected chi connectivity index (χ0v) is 19.3. The first-order valence-corrected chi connectivity index (χ1v) is 11.6. The number of allylic oxidation sites excluding steroid dienone is 1. The maximum Gasteiger partial charge on any atom is 0.232 e. The van der Waals surface area contributed by atoms with Gasteiger partial charge in [0, 0.05) is 31.7 Å². The molecule has 5 rings (SSSR count). The number of Topliss-reactive ketones (excluding diaryl/α,β-unsaturated/α-hetero) is 1. The zero-order chi connectivity index (χ0) is 22.9. The number of hydrogen-bond donors (Lipinski definition) is 0. The highest BCUT2D eigenvalue weighted by molar-refractivity contribution is 6.32. The maximum absolute atomic E-state index is 14.3. The van der Waals surface area contributed by atoms with Crippen molar-refractivity contribution < 1.29 is 23.4 Å². The third kappa shape index (κ3) is 4.51. The SMILES string of the molecule is Cc1cc2c(c3c1C(=O)/C(=C/c1c(F)cccc1Cl)O3)CN(CCCN1CCOCC1)CO2. The lowest BCUT2D eigenvalue weighted by molar-refractivity contribution is 0.0329. The molecule has 8 heteroatoms. The summed E-state index contributed by atoms with van der Waals surface area (Å²) in [5.74, 6) is 0.531. The lowest BCUT2D eigenvalue weighted by Gasteiger charge is -2.31. The molecule has 0 saturated carbocycles. The van der Waals surface area contributed by atoms with Crippen LogP contribution >= 0.6 is 11.6 Å². The Morgan fingerprint density at radius 1 is 1.18 bits per heavy atom. The highest BCUT2D eigenvalue weighted by Gasteiger charge is 2.35. The second-order valence-corrected chi connectivity index (χ2v) is 8.99. The van der Waals surface area contributed by atoms with Gasteiger partial charge in [-0.2, -0.15) is 0 Å².